The van der Waals surface area contributed by atoms with E-state index < -0.39 is 21.5 Å². The largest absolute Gasteiger partial charge is 0.494 e. The first-order valence-electron chi connectivity index (χ1n) is 8.99. The number of carbonyl (C=O) groups is 1. The number of aromatic nitrogens is 1. The molecule has 0 unspecified atom stereocenters. The van der Waals surface area contributed by atoms with Gasteiger partial charge in [-0.2, -0.15) is 0 Å². The van der Waals surface area contributed by atoms with Crippen LogP contribution in [-0.2, 0) is 14.6 Å². The van der Waals surface area contributed by atoms with Crippen molar-refractivity contribution in [2.24, 2.45) is 0 Å². The van der Waals surface area contributed by atoms with Gasteiger partial charge in [-0.3, -0.25) is 4.79 Å². The molecule has 0 radical (unpaired) electrons. The van der Waals surface area contributed by atoms with Crippen molar-refractivity contribution >= 4 is 53.2 Å². The monoisotopic (exact) mass is 426 g/mol. The predicted octanol–water partition coefficient (Wildman–Crippen LogP) is 4.26. The van der Waals surface area contributed by atoms with Gasteiger partial charge in [0, 0.05) is 0 Å². The van der Waals surface area contributed by atoms with Crippen LogP contribution in [-0.4, -0.2) is 31.7 Å². The van der Waals surface area contributed by atoms with Crippen molar-refractivity contribution in [2.45, 2.75) is 11.8 Å². The van der Waals surface area contributed by atoms with Gasteiger partial charge in [-0.05, 0) is 48.0 Å². The molecular weight excluding hydrogens is 408 g/mol. The molecular formula is C21H18N2O4S2. The van der Waals surface area contributed by atoms with Crippen LogP contribution in [0.15, 0.2) is 65.6 Å². The molecule has 0 fully saturated rings. The van der Waals surface area contributed by atoms with Crippen LogP contribution < -0.4 is 10.1 Å². The lowest BCUT2D eigenvalue weighted by atomic mass is 10.1. The van der Waals surface area contributed by atoms with Gasteiger partial charge in [-0.15, -0.1) is 0 Å². The number of amides is 1. The van der Waals surface area contributed by atoms with Crippen molar-refractivity contribution in [3.05, 3.63) is 60.7 Å². The zero-order chi connectivity index (χ0) is 20.4. The molecule has 4 rings (SSSR count). The Morgan fingerprint density at radius 2 is 1.86 bits per heavy atom. The lowest BCUT2D eigenvalue weighted by molar-refractivity contribution is -0.113. The fourth-order valence-corrected chi connectivity index (χ4v) is 5.06. The second-order valence-corrected chi connectivity index (χ2v) is 9.42. The minimum absolute atomic E-state index is 0.122. The van der Waals surface area contributed by atoms with Gasteiger partial charge in [0.25, 0.3) is 0 Å². The minimum Gasteiger partial charge on any atom is -0.494 e. The summed E-state index contributed by atoms with van der Waals surface area (Å²) in [5, 5.41) is 4.70. The number of carbonyl (C=O) groups excluding carboxylic acids is 1. The smallest absolute Gasteiger partial charge is 0.241 e. The molecule has 0 aliphatic heterocycles. The van der Waals surface area contributed by atoms with Gasteiger partial charge >= 0.3 is 0 Å². The van der Waals surface area contributed by atoms with E-state index in [-0.39, 0.29) is 4.90 Å². The van der Waals surface area contributed by atoms with Crippen LogP contribution in [0.3, 0.4) is 0 Å². The molecule has 0 spiro atoms. The number of ether oxygens (including phenoxy) is 1. The molecule has 0 saturated carbocycles. The van der Waals surface area contributed by atoms with E-state index in [0.717, 1.165) is 21.2 Å². The molecule has 0 aliphatic rings. The van der Waals surface area contributed by atoms with E-state index in [1.54, 1.807) is 24.3 Å². The zero-order valence-electron chi connectivity index (χ0n) is 15.6. The Labute approximate surface area is 172 Å². The van der Waals surface area contributed by atoms with E-state index >= 15 is 0 Å². The number of anilines is 1. The van der Waals surface area contributed by atoms with Crippen LogP contribution in [0.25, 0.3) is 21.0 Å². The molecule has 1 amide bonds. The topological polar surface area (TPSA) is 85.4 Å². The van der Waals surface area contributed by atoms with Crippen molar-refractivity contribution in [3.8, 4) is 5.75 Å². The Hall–Kier alpha value is -2.97. The average Bonchev–Trinajstić information content (AvgIpc) is 3.08. The van der Waals surface area contributed by atoms with Gasteiger partial charge in [-0.1, -0.05) is 41.7 Å². The molecule has 4 aromatic rings. The number of rotatable bonds is 6. The lowest BCUT2D eigenvalue weighted by Crippen LogP contribution is -2.22. The Morgan fingerprint density at radius 3 is 2.66 bits per heavy atom. The first-order chi connectivity index (χ1) is 13.9. The predicted molar refractivity (Wildman–Crippen MR) is 115 cm³/mol. The zero-order valence-corrected chi connectivity index (χ0v) is 17.2. The van der Waals surface area contributed by atoms with Crippen molar-refractivity contribution in [2.75, 3.05) is 17.7 Å². The van der Waals surface area contributed by atoms with E-state index in [4.69, 9.17) is 4.74 Å². The van der Waals surface area contributed by atoms with Crippen LogP contribution in [0.5, 0.6) is 5.75 Å². The van der Waals surface area contributed by atoms with Crippen molar-refractivity contribution < 1.29 is 17.9 Å². The van der Waals surface area contributed by atoms with Crippen LogP contribution in [0, 0.1) is 0 Å². The standard InChI is InChI=1S/C21H18N2O4S2/c1-2-27-16-8-10-18-19(12-16)28-21(22-18)23-20(24)13-29(25,26)17-9-7-14-5-3-4-6-15(14)11-17/h3-12H,2,13H2,1H3,(H,22,23,24). The SMILES string of the molecule is CCOc1ccc2nc(NC(=O)CS(=O)(=O)c3ccc4ccccc4c3)sc2c1. The van der Waals surface area contributed by atoms with Crippen LogP contribution in [0.4, 0.5) is 5.13 Å². The molecule has 3 aromatic carbocycles. The first-order valence-corrected chi connectivity index (χ1v) is 11.5. The molecule has 8 heteroatoms. The number of nitrogens with one attached hydrogen (secondary N) is 1. The van der Waals surface area contributed by atoms with Gasteiger partial charge in [-0.25, -0.2) is 13.4 Å². The van der Waals surface area contributed by atoms with Gasteiger partial charge in [0.05, 0.1) is 21.7 Å². The summed E-state index contributed by atoms with van der Waals surface area (Å²) in [6.07, 6.45) is 0. The minimum atomic E-state index is -3.77. The summed E-state index contributed by atoms with van der Waals surface area (Å²) in [6, 6.07) is 17.8. The van der Waals surface area contributed by atoms with Crippen molar-refractivity contribution in [1.82, 2.24) is 4.98 Å². The molecule has 148 valence electrons. The second-order valence-electron chi connectivity index (χ2n) is 6.40. The molecule has 0 aliphatic carbocycles. The third-order valence-corrected chi connectivity index (χ3v) is 6.87. The van der Waals surface area contributed by atoms with E-state index in [9.17, 15) is 13.2 Å². The molecule has 1 aromatic heterocycles. The number of thiazole rings is 1. The van der Waals surface area contributed by atoms with Crippen LogP contribution in [0.2, 0.25) is 0 Å². The molecule has 0 bridgehead atoms. The number of hydrogen-bond acceptors (Lipinski definition) is 6. The quantitative estimate of drug-likeness (QED) is 0.498. The normalized spacial score (nSPS) is 11.6. The van der Waals surface area contributed by atoms with Gasteiger partial charge in [0.15, 0.2) is 15.0 Å². The summed E-state index contributed by atoms with van der Waals surface area (Å²) in [5.74, 6) is -0.548. The highest BCUT2D eigenvalue weighted by molar-refractivity contribution is 7.92. The van der Waals surface area contributed by atoms with Crippen LogP contribution in [0.1, 0.15) is 6.92 Å². The highest BCUT2D eigenvalue weighted by Gasteiger charge is 2.20. The molecule has 1 heterocycles. The fourth-order valence-electron chi connectivity index (χ4n) is 2.99. The van der Waals surface area contributed by atoms with E-state index in [1.165, 1.54) is 17.4 Å². The summed E-state index contributed by atoms with van der Waals surface area (Å²) in [4.78, 5) is 16.8. The van der Waals surface area contributed by atoms with E-state index in [0.29, 0.717) is 17.3 Å². The average molecular weight is 427 g/mol. The molecule has 0 atom stereocenters. The molecule has 29 heavy (non-hydrogen) atoms. The summed E-state index contributed by atoms with van der Waals surface area (Å²) in [5.41, 5.74) is 0.714. The highest BCUT2D eigenvalue weighted by Crippen LogP contribution is 2.29. The van der Waals surface area contributed by atoms with E-state index in [1.807, 2.05) is 37.3 Å². The Bertz CT molecular complexity index is 1310. The van der Waals surface area contributed by atoms with Gasteiger partial charge < -0.3 is 10.1 Å². The number of fused-ring (bicyclic) bond motifs is 2. The summed E-state index contributed by atoms with van der Waals surface area (Å²) in [6.45, 7) is 2.46. The Morgan fingerprint density at radius 1 is 1.07 bits per heavy atom. The van der Waals surface area contributed by atoms with Crippen molar-refractivity contribution in [1.29, 1.82) is 0 Å². The molecule has 0 saturated heterocycles. The van der Waals surface area contributed by atoms with E-state index in [2.05, 4.69) is 10.3 Å². The van der Waals surface area contributed by atoms with Gasteiger partial charge in [0.2, 0.25) is 5.91 Å². The maximum atomic E-state index is 12.7. The summed E-state index contributed by atoms with van der Waals surface area (Å²) >= 11 is 1.27. The highest BCUT2D eigenvalue weighted by atomic mass is 32.2. The first kappa shape index (κ1) is 19.4. The number of benzene rings is 3. The summed E-state index contributed by atoms with van der Waals surface area (Å²) < 4.78 is 31.7. The maximum Gasteiger partial charge on any atom is 0.241 e. The second kappa shape index (κ2) is 7.81. The molecule has 1 N–H and O–H groups in total. The summed E-state index contributed by atoms with van der Waals surface area (Å²) in [7, 11) is -3.77. The Balaban J connectivity index is 1.51. The van der Waals surface area contributed by atoms with Crippen LogP contribution >= 0.6 is 11.3 Å². The molecule has 6 nitrogen and oxygen atoms in total. The van der Waals surface area contributed by atoms with Gasteiger partial charge in [0.1, 0.15) is 11.5 Å². The number of nitrogens with zero attached hydrogens (tertiary/aromatic N) is 1. The third-order valence-electron chi connectivity index (χ3n) is 4.32. The number of sulfone groups is 1. The number of hydrogen-bond donors (Lipinski definition) is 1. The third kappa shape index (κ3) is 4.23. The van der Waals surface area contributed by atoms with Crippen molar-refractivity contribution in [3.63, 3.8) is 0 Å². The lowest BCUT2D eigenvalue weighted by Gasteiger charge is -2.06. The fraction of sp³-hybridized carbons (Fsp3) is 0.143. The Kier molecular flexibility index (Phi) is 5.21. The maximum absolute atomic E-state index is 12.7.